The zero-order valence-corrected chi connectivity index (χ0v) is 15.7. The minimum atomic E-state index is 0.145. The minimum Gasteiger partial charge on any atom is -0.0843 e. The third kappa shape index (κ3) is 3.87. The van der Waals surface area contributed by atoms with Crippen LogP contribution in [-0.4, -0.2) is 0 Å². The predicted molar refractivity (Wildman–Crippen MR) is 95.1 cm³/mol. The van der Waals surface area contributed by atoms with Crippen LogP contribution in [0.15, 0.2) is 46.9 Å². The Labute approximate surface area is 142 Å². The highest BCUT2D eigenvalue weighted by atomic mass is 79.9. The summed E-state index contributed by atoms with van der Waals surface area (Å²) in [5.41, 5.74) is 3.90. The smallest absolute Gasteiger partial charge is 0.0645 e. The molecule has 2 rings (SSSR count). The van der Waals surface area contributed by atoms with Crippen LogP contribution in [0, 0.1) is 0 Å². The second kappa shape index (κ2) is 6.21. The van der Waals surface area contributed by atoms with Gasteiger partial charge in [-0.05, 0) is 40.3 Å². The molecule has 0 radical (unpaired) electrons. The molecule has 0 saturated carbocycles. The van der Waals surface area contributed by atoms with E-state index in [4.69, 9.17) is 11.6 Å². The van der Waals surface area contributed by atoms with Gasteiger partial charge in [-0.1, -0.05) is 88.5 Å². The molecule has 0 saturated heterocycles. The van der Waals surface area contributed by atoms with Crippen LogP contribution in [0.4, 0.5) is 0 Å². The average Bonchev–Trinajstić information content (AvgIpc) is 2.36. The lowest BCUT2D eigenvalue weighted by Gasteiger charge is -2.20. The highest BCUT2D eigenvalue weighted by Gasteiger charge is 2.16. The summed E-state index contributed by atoms with van der Waals surface area (Å²) < 4.78 is 0.996. The largest absolute Gasteiger partial charge is 0.0843 e. The van der Waals surface area contributed by atoms with Crippen molar-refractivity contribution in [2.75, 3.05) is 0 Å². The SMILES string of the molecule is CC(C)(C)c1ccc(C(Br)c2cc(Cl)cc(Br)c2)cc1. The first kappa shape index (κ1) is 16.1. The summed E-state index contributed by atoms with van der Waals surface area (Å²) in [5.74, 6) is 0. The highest BCUT2D eigenvalue weighted by molar-refractivity contribution is 9.10. The topological polar surface area (TPSA) is 0 Å². The fraction of sp³-hybridized carbons (Fsp3) is 0.294. The molecule has 0 bridgehead atoms. The number of hydrogen-bond acceptors (Lipinski definition) is 0. The molecule has 3 heteroatoms. The van der Waals surface area contributed by atoms with E-state index in [1.54, 1.807) is 0 Å². The van der Waals surface area contributed by atoms with Gasteiger partial charge < -0.3 is 0 Å². The molecule has 0 spiro atoms. The van der Waals surface area contributed by atoms with Crippen molar-refractivity contribution in [3.05, 3.63) is 68.7 Å². The van der Waals surface area contributed by atoms with E-state index < -0.39 is 0 Å². The maximum absolute atomic E-state index is 6.12. The van der Waals surface area contributed by atoms with Crippen molar-refractivity contribution < 1.29 is 0 Å². The van der Waals surface area contributed by atoms with Crippen LogP contribution in [0.5, 0.6) is 0 Å². The van der Waals surface area contributed by atoms with Gasteiger partial charge in [0.05, 0.1) is 4.83 Å². The van der Waals surface area contributed by atoms with Crippen molar-refractivity contribution in [1.82, 2.24) is 0 Å². The molecule has 1 unspecified atom stereocenters. The van der Waals surface area contributed by atoms with E-state index in [9.17, 15) is 0 Å². The number of hydrogen-bond donors (Lipinski definition) is 0. The van der Waals surface area contributed by atoms with E-state index in [1.807, 2.05) is 12.1 Å². The van der Waals surface area contributed by atoms with Crippen molar-refractivity contribution in [1.29, 1.82) is 0 Å². The molecule has 0 amide bonds. The standard InChI is InChI=1S/C17H17Br2Cl/c1-17(2,3)13-6-4-11(5-7-13)16(19)12-8-14(18)10-15(20)9-12/h4-10,16H,1-3H3. The number of rotatable bonds is 2. The van der Waals surface area contributed by atoms with E-state index in [2.05, 4.69) is 83.0 Å². The third-order valence-corrected chi connectivity index (χ3v) is 4.98. The van der Waals surface area contributed by atoms with E-state index in [-0.39, 0.29) is 10.2 Å². The third-order valence-electron chi connectivity index (χ3n) is 3.25. The van der Waals surface area contributed by atoms with Crippen molar-refractivity contribution in [2.24, 2.45) is 0 Å². The zero-order chi connectivity index (χ0) is 14.9. The molecule has 0 heterocycles. The van der Waals surface area contributed by atoms with Gasteiger partial charge in [-0.3, -0.25) is 0 Å². The lowest BCUT2D eigenvalue weighted by Crippen LogP contribution is -2.10. The maximum Gasteiger partial charge on any atom is 0.0645 e. The molecule has 2 aromatic rings. The molecule has 0 N–H and O–H groups in total. The molecule has 0 aliphatic rings. The van der Waals surface area contributed by atoms with Crippen molar-refractivity contribution in [3.8, 4) is 0 Å². The molecule has 0 nitrogen and oxygen atoms in total. The Kier molecular flexibility index (Phi) is 4.99. The Morgan fingerprint density at radius 2 is 1.55 bits per heavy atom. The molecule has 20 heavy (non-hydrogen) atoms. The lowest BCUT2D eigenvalue weighted by molar-refractivity contribution is 0.590. The summed E-state index contributed by atoms with van der Waals surface area (Å²) in [4.78, 5) is 0.145. The second-order valence-electron chi connectivity index (χ2n) is 5.94. The summed E-state index contributed by atoms with van der Waals surface area (Å²) in [6.07, 6.45) is 0. The molecule has 1 atom stereocenters. The maximum atomic E-state index is 6.12. The fourth-order valence-corrected chi connectivity index (χ4v) is 3.52. The van der Waals surface area contributed by atoms with Gasteiger partial charge in [0.25, 0.3) is 0 Å². The molecular formula is C17H17Br2Cl. The van der Waals surface area contributed by atoms with Gasteiger partial charge in [0.15, 0.2) is 0 Å². The molecule has 2 aromatic carbocycles. The monoisotopic (exact) mass is 414 g/mol. The molecule has 0 aromatic heterocycles. The lowest BCUT2D eigenvalue weighted by atomic mass is 9.86. The Hall–Kier alpha value is -0.310. The summed E-state index contributed by atoms with van der Waals surface area (Å²) in [7, 11) is 0. The predicted octanol–water partition coefficient (Wildman–Crippen LogP) is 6.88. The number of alkyl halides is 1. The van der Waals surface area contributed by atoms with Gasteiger partial charge in [0.1, 0.15) is 0 Å². The summed E-state index contributed by atoms with van der Waals surface area (Å²) >= 11 is 13.4. The Morgan fingerprint density at radius 3 is 2.05 bits per heavy atom. The van der Waals surface area contributed by atoms with Gasteiger partial charge in [0.2, 0.25) is 0 Å². The van der Waals surface area contributed by atoms with E-state index >= 15 is 0 Å². The quantitative estimate of drug-likeness (QED) is 0.468. The van der Waals surface area contributed by atoms with Crippen LogP contribution in [0.1, 0.15) is 42.3 Å². The van der Waals surface area contributed by atoms with E-state index in [1.165, 1.54) is 11.1 Å². The van der Waals surface area contributed by atoms with Crippen LogP contribution in [0.3, 0.4) is 0 Å². The van der Waals surface area contributed by atoms with Crippen LogP contribution in [0.2, 0.25) is 5.02 Å². The van der Waals surface area contributed by atoms with Crippen LogP contribution in [-0.2, 0) is 5.41 Å². The van der Waals surface area contributed by atoms with Gasteiger partial charge in [-0.2, -0.15) is 0 Å². The summed E-state index contributed by atoms with van der Waals surface area (Å²) in [6.45, 7) is 6.67. The summed E-state index contributed by atoms with van der Waals surface area (Å²) in [6, 6.07) is 14.7. The molecule has 0 aliphatic carbocycles. The van der Waals surface area contributed by atoms with Crippen molar-refractivity contribution >= 4 is 43.5 Å². The van der Waals surface area contributed by atoms with Crippen LogP contribution in [0.25, 0.3) is 0 Å². The highest BCUT2D eigenvalue weighted by Crippen LogP contribution is 2.35. The van der Waals surface area contributed by atoms with Crippen molar-refractivity contribution in [2.45, 2.75) is 31.0 Å². The van der Waals surface area contributed by atoms with E-state index in [0.717, 1.165) is 15.1 Å². The van der Waals surface area contributed by atoms with Crippen LogP contribution >= 0.6 is 43.5 Å². The number of benzene rings is 2. The van der Waals surface area contributed by atoms with Gasteiger partial charge >= 0.3 is 0 Å². The minimum absolute atomic E-state index is 0.145. The van der Waals surface area contributed by atoms with Crippen molar-refractivity contribution in [3.63, 3.8) is 0 Å². The van der Waals surface area contributed by atoms with E-state index in [0.29, 0.717) is 0 Å². The Morgan fingerprint density at radius 1 is 0.950 bits per heavy atom. The van der Waals surface area contributed by atoms with Gasteiger partial charge in [-0.25, -0.2) is 0 Å². The average molecular weight is 417 g/mol. The first-order valence-corrected chi connectivity index (χ1v) is 8.56. The Bertz CT molecular complexity index is 577. The molecule has 106 valence electrons. The van der Waals surface area contributed by atoms with Gasteiger partial charge in [0, 0.05) is 9.50 Å². The fourth-order valence-electron chi connectivity index (χ4n) is 2.07. The Balaban J connectivity index is 2.31. The normalized spacial score (nSPS) is 13.3. The molecule has 0 aliphatic heterocycles. The first-order valence-electron chi connectivity index (χ1n) is 6.48. The zero-order valence-electron chi connectivity index (χ0n) is 11.8. The number of halogens is 3. The molecular weight excluding hydrogens is 399 g/mol. The van der Waals surface area contributed by atoms with Crippen LogP contribution < -0.4 is 0 Å². The molecule has 0 fully saturated rings. The second-order valence-corrected chi connectivity index (χ2v) is 8.21. The summed E-state index contributed by atoms with van der Waals surface area (Å²) in [5, 5.41) is 0.741. The van der Waals surface area contributed by atoms with Gasteiger partial charge in [-0.15, -0.1) is 0 Å². The first-order chi connectivity index (χ1) is 9.27.